The number of nitrogens with one attached hydrogen (secondary N) is 1. The molecule has 0 unspecified atom stereocenters. The van der Waals surface area contributed by atoms with Gasteiger partial charge in [-0.05, 0) is 36.6 Å². The van der Waals surface area contributed by atoms with Gasteiger partial charge in [0.15, 0.2) is 5.52 Å². The molecule has 0 radical (unpaired) electrons. The molecule has 32 heavy (non-hydrogen) atoms. The van der Waals surface area contributed by atoms with Crippen LogP contribution in [0.25, 0.3) is 33.0 Å². The second-order valence-electron chi connectivity index (χ2n) is 8.08. The fraction of sp³-hybridized carbons (Fsp3) is 0.304. The van der Waals surface area contributed by atoms with Crippen molar-refractivity contribution in [2.45, 2.75) is 25.4 Å². The van der Waals surface area contributed by atoms with Crippen LogP contribution in [0.15, 0.2) is 47.5 Å². The lowest BCUT2D eigenvalue weighted by Crippen LogP contribution is -2.29. The second-order valence-corrected chi connectivity index (χ2v) is 8.08. The van der Waals surface area contributed by atoms with Crippen molar-refractivity contribution in [3.05, 3.63) is 58.6 Å². The van der Waals surface area contributed by atoms with Crippen LogP contribution >= 0.6 is 0 Å². The Bertz CT molecular complexity index is 1490. The first-order valence-electron chi connectivity index (χ1n) is 10.7. The number of nitrogens with zero attached hydrogens (tertiary/aromatic N) is 5. The van der Waals surface area contributed by atoms with Gasteiger partial charge in [-0.15, -0.1) is 5.10 Å². The zero-order valence-corrected chi connectivity index (χ0v) is 17.6. The minimum Gasteiger partial charge on any atom is -0.497 e. The number of pyridine rings is 1. The Hall–Kier alpha value is -3.72. The Kier molecular flexibility index (Phi) is 4.43. The molecule has 0 saturated carbocycles. The first-order valence-corrected chi connectivity index (χ1v) is 10.7. The molecule has 0 atom stereocenters. The van der Waals surface area contributed by atoms with Crippen molar-refractivity contribution in [2.24, 2.45) is 0 Å². The highest BCUT2D eigenvalue weighted by Gasteiger charge is 2.24. The van der Waals surface area contributed by atoms with E-state index in [-0.39, 0.29) is 11.6 Å². The van der Waals surface area contributed by atoms with Crippen LogP contribution in [-0.2, 0) is 11.3 Å². The Morgan fingerprint density at radius 2 is 2.00 bits per heavy atom. The standard InChI is InChI=1S/C23H22N6O3/c1-31-16-4-2-14(3-5-16)13-28-18-6-9-24-22-19(18)20(27-28)17-12-25-26-21(17)23(30)29(22)15-7-10-32-11-8-15/h2-6,9,12,15,27H,7-8,10-11,13H2,1H3. The molecular formula is C23H22N6O3. The molecule has 1 aliphatic rings. The van der Waals surface area contributed by atoms with Crippen LogP contribution in [0, 0.1) is 0 Å². The van der Waals surface area contributed by atoms with Gasteiger partial charge >= 0.3 is 0 Å². The molecular weight excluding hydrogens is 408 g/mol. The summed E-state index contributed by atoms with van der Waals surface area (Å²) < 4.78 is 14.7. The summed E-state index contributed by atoms with van der Waals surface area (Å²) in [6.07, 6.45) is 4.94. The third-order valence-corrected chi connectivity index (χ3v) is 6.27. The number of aromatic nitrogens is 6. The van der Waals surface area contributed by atoms with E-state index in [1.165, 1.54) is 0 Å². The predicted molar refractivity (Wildman–Crippen MR) is 120 cm³/mol. The SMILES string of the molecule is COc1ccc(Cn2[nH]c3c4cnnc4c(=O)n(C4CCOCC4)c4nccc2c34)cc1. The number of rotatable bonds is 4. The average Bonchev–Trinajstić information content (AvgIpc) is 3.44. The Balaban J connectivity index is 1.63. The number of hydrogen-bond acceptors (Lipinski definition) is 6. The van der Waals surface area contributed by atoms with E-state index in [9.17, 15) is 4.79 Å². The Morgan fingerprint density at radius 1 is 1.19 bits per heavy atom. The summed E-state index contributed by atoms with van der Waals surface area (Å²) >= 11 is 0. The van der Waals surface area contributed by atoms with Crippen molar-refractivity contribution < 1.29 is 9.47 Å². The van der Waals surface area contributed by atoms with Crippen molar-refractivity contribution in [3.8, 4) is 5.75 Å². The number of methoxy groups -OCH3 is 1. The lowest BCUT2D eigenvalue weighted by atomic mass is 10.1. The molecule has 162 valence electrons. The number of hydrogen-bond donors (Lipinski definition) is 1. The van der Waals surface area contributed by atoms with Crippen LogP contribution in [0.3, 0.4) is 0 Å². The number of ether oxygens (including phenoxy) is 2. The van der Waals surface area contributed by atoms with E-state index >= 15 is 0 Å². The maximum Gasteiger partial charge on any atom is 0.281 e. The van der Waals surface area contributed by atoms with E-state index in [0.29, 0.717) is 36.3 Å². The van der Waals surface area contributed by atoms with Gasteiger partial charge < -0.3 is 9.47 Å². The van der Waals surface area contributed by atoms with Gasteiger partial charge in [0.1, 0.15) is 11.4 Å². The van der Waals surface area contributed by atoms with E-state index in [4.69, 9.17) is 9.47 Å². The third-order valence-electron chi connectivity index (χ3n) is 6.27. The molecule has 0 bridgehead atoms. The molecule has 1 N–H and O–H groups in total. The summed E-state index contributed by atoms with van der Waals surface area (Å²) in [5.74, 6) is 0.820. The summed E-state index contributed by atoms with van der Waals surface area (Å²) in [5.41, 5.74) is 3.78. The zero-order chi connectivity index (χ0) is 21.7. The van der Waals surface area contributed by atoms with Crippen molar-refractivity contribution in [3.63, 3.8) is 0 Å². The fourth-order valence-electron chi connectivity index (χ4n) is 4.67. The van der Waals surface area contributed by atoms with E-state index < -0.39 is 0 Å². The van der Waals surface area contributed by atoms with E-state index in [2.05, 4.69) is 25.0 Å². The first kappa shape index (κ1) is 19.0. The van der Waals surface area contributed by atoms with Crippen molar-refractivity contribution in [2.75, 3.05) is 20.3 Å². The average molecular weight is 430 g/mol. The summed E-state index contributed by atoms with van der Waals surface area (Å²) in [7, 11) is 1.66. The Labute approximate surface area is 182 Å². The molecule has 4 aromatic heterocycles. The predicted octanol–water partition coefficient (Wildman–Crippen LogP) is 3.03. The highest BCUT2D eigenvalue weighted by atomic mass is 16.5. The normalized spacial score (nSPS) is 15.2. The summed E-state index contributed by atoms with van der Waals surface area (Å²) in [6.45, 7) is 1.88. The maximum absolute atomic E-state index is 13.5. The summed E-state index contributed by atoms with van der Waals surface area (Å²) in [5, 5.41) is 13.4. The molecule has 1 fully saturated rings. The van der Waals surface area contributed by atoms with Crippen molar-refractivity contribution in [1.82, 2.24) is 29.5 Å². The van der Waals surface area contributed by atoms with Crippen LogP contribution in [0.1, 0.15) is 24.4 Å². The minimum atomic E-state index is -0.157. The molecule has 5 aromatic rings. The first-order chi connectivity index (χ1) is 15.7. The monoisotopic (exact) mass is 430 g/mol. The van der Waals surface area contributed by atoms with E-state index in [1.54, 1.807) is 24.1 Å². The molecule has 0 spiro atoms. The van der Waals surface area contributed by atoms with E-state index in [1.807, 2.05) is 30.3 Å². The highest BCUT2D eigenvalue weighted by molar-refractivity contribution is 6.13. The van der Waals surface area contributed by atoms with Gasteiger partial charge in [-0.2, -0.15) is 5.10 Å². The van der Waals surface area contributed by atoms with Crippen LogP contribution in [0.5, 0.6) is 5.75 Å². The second kappa shape index (κ2) is 7.45. The maximum atomic E-state index is 13.5. The lowest BCUT2D eigenvalue weighted by Gasteiger charge is -2.24. The number of aromatic amines is 1. The topological polar surface area (TPSA) is 99.9 Å². The van der Waals surface area contributed by atoms with Crippen molar-refractivity contribution >= 4 is 33.0 Å². The van der Waals surface area contributed by atoms with Gasteiger partial charge in [0.25, 0.3) is 5.56 Å². The molecule has 5 heterocycles. The number of benzene rings is 1. The largest absolute Gasteiger partial charge is 0.497 e. The minimum absolute atomic E-state index is 0.00906. The Morgan fingerprint density at radius 3 is 2.78 bits per heavy atom. The van der Waals surface area contributed by atoms with Gasteiger partial charge in [0, 0.05) is 25.5 Å². The van der Waals surface area contributed by atoms with Gasteiger partial charge in [0.2, 0.25) is 0 Å². The summed E-state index contributed by atoms with van der Waals surface area (Å²) in [6, 6.07) is 9.97. The van der Waals surface area contributed by atoms with Crippen LogP contribution in [0.4, 0.5) is 0 Å². The number of fused-ring (bicyclic) bond motifs is 2. The van der Waals surface area contributed by atoms with Gasteiger partial charge in [-0.1, -0.05) is 12.1 Å². The van der Waals surface area contributed by atoms with Gasteiger partial charge in [0.05, 0.1) is 41.7 Å². The van der Waals surface area contributed by atoms with Crippen molar-refractivity contribution in [1.29, 1.82) is 0 Å². The quantitative estimate of drug-likeness (QED) is 0.470. The zero-order valence-electron chi connectivity index (χ0n) is 17.6. The highest BCUT2D eigenvalue weighted by Crippen LogP contribution is 2.31. The van der Waals surface area contributed by atoms with Crippen LogP contribution in [-0.4, -0.2) is 49.9 Å². The van der Waals surface area contributed by atoms with E-state index in [0.717, 1.165) is 40.6 Å². The fourth-order valence-corrected chi connectivity index (χ4v) is 4.67. The van der Waals surface area contributed by atoms with Gasteiger partial charge in [-0.3, -0.25) is 19.1 Å². The van der Waals surface area contributed by atoms with Gasteiger partial charge in [-0.25, -0.2) is 4.98 Å². The van der Waals surface area contributed by atoms with Crippen LogP contribution in [0.2, 0.25) is 0 Å². The molecule has 9 nitrogen and oxygen atoms in total. The van der Waals surface area contributed by atoms with Crippen LogP contribution < -0.4 is 10.3 Å². The summed E-state index contributed by atoms with van der Waals surface area (Å²) in [4.78, 5) is 18.2. The lowest BCUT2D eigenvalue weighted by molar-refractivity contribution is 0.0698. The third kappa shape index (κ3) is 2.89. The smallest absolute Gasteiger partial charge is 0.281 e. The molecule has 1 aliphatic heterocycles. The molecule has 1 saturated heterocycles. The molecule has 0 amide bonds. The molecule has 6 rings (SSSR count). The molecule has 1 aromatic carbocycles. The molecule has 9 heteroatoms. The molecule has 0 aliphatic carbocycles. The number of H-pyrrole nitrogens is 1.